The van der Waals surface area contributed by atoms with E-state index in [1.54, 1.807) is 36.4 Å². The molecule has 0 fully saturated rings. The highest BCUT2D eigenvalue weighted by atomic mass is 16.5. The average molecular weight is 375 g/mol. The van der Waals surface area contributed by atoms with Crippen LogP contribution in [0.4, 0.5) is 5.69 Å². The highest BCUT2D eigenvalue weighted by Crippen LogP contribution is 2.28. The maximum Gasteiger partial charge on any atom is 0.248 e. The number of hydrogen-bond acceptors (Lipinski definition) is 6. The molecule has 0 saturated heterocycles. The van der Waals surface area contributed by atoms with Crippen LogP contribution in [0.3, 0.4) is 0 Å². The number of nitrogens with one attached hydrogen (secondary N) is 1. The first-order chi connectivity index (χ1) is 13.7. The molecule has 0 bridgehead atoms. The molecule has 1 N–H and O–H groups in total. The molecular formula is C21H17N3O4. The van der Waals surface area contributed by atoms with Crippen molar-refractivity contribution >= 4 is 17.7 Å². The van der Waals surface area contributed by atoms with Crippen LogP contribution in [0.1, 0.15) is 5.56 Å². The minimum Gasteiger partial charge on any atom is -0.493 e. The van der Waals surface area contributed by atoms with Gasteiger partial charge in [-0.1, -0.05) is 29.3 Å². The predicted octanol–water partition coefficient (Wildman–Crippen LogP) is 3.41. The molecule has 0 aliphatic rings. The lowest BCUT2D eigenvalue weighted by Crippen LogP contribution is -2.09. The van der Waals surface area contributed by atoms with E-state index >= 15 is 0 Å². The monoisotopic (exact) mass is 375 g/mol. The Kier molecular flexibility index (Phi) is 6.06. The SMILES string of the molecule is C#CCOc1ccc(/C=C/C(=O)Nc2ccccc2-c2ncon2)cc1OC. The second-order valence-electron chi connectivity index (χ2n) is 5.53. The molecule has 7 nitrogen and oxygen atoms in total. The van der Waals surface area contributed by atoms with Crippen LogP contribution in [-0.2, 0) is 4.79 Å². The predicted molar refractivity (Wildman–Crippen MR) is 105 cm³/mol. The van der Waals surface area contributed by atoms with Gasteiger partial charge in [-0.25, -0.2) is 0 Å². The summed E-state index contributed by atoms with van der Waals surface area (Å²) in [6.45, 7) is 0.147. The third-order valence-corrected chi connectivity index (χ3v) is 3.71. The highest BCUT2D eigenvalue weighted by Gasteiger charge is 2.10. The maximum absolute atomic E-state index is 12.3. The quantitative estimate of drug-likeness (QED) is 0.503. The zero-order valence-corrected chi connectivity index (χ0v) is 15.1. The van der Waals surface area contributed by atoms with Crippen molar-refractivity contribution < 1.29 is 18.8 Å². The van der Waals surface area contributed by atoms with Gasteiger partial charge in [-0.2, -0.15) is 4.98 Å². The van der Waals surface area contributed by atoms with Gasteiger partial charge in [0.1, 0.15) is 6.61 Å². The van der Waals surface area contributed by atoms with E-state index in [-0.39, 0.29) is 12.5 Å². The maximum atomic E-state index is 12.3. The van der Waals surface area contributed by atoms with Gasteiger partial charge in [-0.15, -0.1) is 6.42 Å². The zero-order valence-electron chi connectivity index (χ0n) is 15.1. The van der Waals surface area contributed by atoms with E-state index < -0.39 is 0 Å². The third kappa shape index (κ3) is 4.56. The van der Waals surface area contributed by atoms with Crippen molar-refractivity contribution in [2.45, 2.75) is 0 Å². The van der Waals surface area contributed by atoms with Gasteiger partial charge >= 0.3 is 0 Å². The van der Waals surface area contributed by atoms with Crippen molar-refractivity contribution in [3.05, 3.63) is 60.5 Å². The molecule has 28 heavy (non-hydrogen) atoms. The summed E-state index contributed by atoms with van der Waals surface area (Å²) >= 11 is 0. The van der Waals surface area contributed by atoms with Crippen LogP contribution in [0.2, 0.25) is 0 Å². The van der Waals surface area contributed by atoms with Gasteiger partial charge in [-0.05, 0) is 35.9 Å². The number of rotatable bonds is 7. The normalized spacial score (nSPS) is 10.4. The van der Waals surface area contributed by atoms with Crippen LogP contribution in [0.25, 0.3) is 17.5 Å². The fourth-order valence-corrected chi connectivity index (χ4v) is 2.45. The molecule has 0 atom stereocenters. The summed E-state index contributed by atoms with van der Waals surface area (Å²) in [6.07, 6.45) is 9.52. The van der Waals surface area contributed by atoms with Crippen LogP contribution < -0.4 is 14.8 Å². The standard InChI is InChI=1S/C21H17N3O4/c1-3-12-27-18-10-8-15(13-19(18)26-2)9-11-20(25)23-17-7-5-4-6-16(17)21-22-14-28-24-21/h1,4-11,13-14H,12H2,2H3,(H,23,25)/b11-9+. The van der Waals surface area contributed by atoms with Gasteiger partial charge in [0.25, 0.3) is 0 Å². The summed E-state index contributed by atoms with van der Waals surface area (Å²) in [5.41, 5.74) is 2.01. The summed E-state index contributed by atoms with van der Waals surface area (Å²) in [4.78, 5) is 16.3. The van der Waals surface area contributed by atoms with Gasteiger partial charge in [0.2, 0.25) is 18.1 Å². The summed E-state index contributed by atoms with van der Waals surface area (Å²) in [5.74, 6) is 3.56. The number of carbonyl (C=O) groups is 1. The molecule has 3 rings (SSSR count). The number of methoxy groups -OCH3 is 1. The van der Waals surface area contributed by atoms with Crippen molar-refractivity contribution in [2.24, 2.45) is 0 Å². The first-order valence-corrected chi connectivity index (χ1v) is 8.30. The van der Waals surface area contributed by atoms with E-state index in [1.807, 2.05) is 12.1 Å². The Bertz CT molecular complexity index is 1020. The van der Waals surface area contributed by atoms with Gasteiger partial charge in [-0.3, -0.25) is 4.79 Å². The summed E-state index contributed by atoms with van der Waals surface area (Å²) < 4.78 is 15.5. The summed E-state index contributed by atoms with van der Waals surface area (Å²) in [5, 5.41) is 6.61. The second-order valence-corrected chi connectivity index (χ2v) is 5.53. The lowest BCUT2D eigenvalue weighted by atomic mass is 10.1. The molecule has 1 heterocycles. The van der Waals surface area contributed by atoms with Crippen molar-refractivity contribution in [1.29, 1.82) is 0 Å². The zero-order chi connectivity index (χ0) is 19.8. The number of terminal acetylenes is 1. The Morgan fingerprint density at radius 3 is 2.89 bits per heavy atom. The molecule has 0 spiro atoms. The Morgan fingerprint density at radius 1 is 1.29 bits per heavy atom. The second kappa shape index (κ2) is 9.05. The topological polar surface area (TPSA) is 86.5 Å². The fraction of sp³-hybridized carbons (Fsp3) is 0.0952. The molecule has 7 heteroatoms. The minimum absolute atomic E-state index is 0.147. The van der Waals surface area contributed by atoms with Crippen LogP contribution in [0.5, 0.6) is 11.5 Å². The number of ether oxygens (including phenoxy) is 2. The molecule has 140 valence electrons. The molecular weight excluding hydrogens is 358 g/mol. The number of aromatic nitrogens is 2. The molecule has 1 amide bonds. The van der Waals surface area contributed by atoms with Gasteiger partial charge < -0.3 is 19.3 Å². The van der Waals surface area contributed by atoms with Crippen LogP contribution in [-0.4, -0.2) is 29.8 Å². The number of hydrogen-bond donors (Lipinski definition) is 1. The lowest BCUT2D eigenvalue weighted by molar-refractivity contribution is -0.111. The van der Waals surface area contributed by atoms with Crippen LogP contribution >= 0.6 is 0 Å². The number of amides is 1. The molecule has 3 aromatic rings. The van der Waals surface area contributed by atoms with Gasteiger partial charge in [0.15, 0.2) is 11.5 Å². The molecule has 0 radical (unpaired) electrons. The van der Waals surface area contributed by atoms with E-state index in [0.29, 0.717) is 28.6 Å². The molecule has 2 aromatic carbocycles. The van der Waals surface area contributed by atoms with Crippen molar-refractivity contribution in [1.82, 2.24) is 10.1 Å². The van der Waals surface area contributed by atoms with Crippen molar-refractivity contribution in [3.8, 4) is 35.2 Å². The van der Waals surface area contributed by atoms with Crippen LogP contribution in [0.15, 0.2) is 59.5 Å². The third-order valence-electron chi connectivity index (χ3n) is 3.71. The lowest BCUT2D eigenvalue weighted by Gasteiger charge is -2.09. The summed E-state index contributed by atoms with van der Waals surface area (Å²) in [6, 6.07) is 12.5. The van der Waals surface area contributed by atoms with E-state index in [2.05, 4.69) is 21.4 Å². The average Bonchev–Trinajstić information content (AvgIpc) is 3.26. The van der Waals surface area contributed by atoms with E-state index in [4.69, 9.17) is 20.4 Å². The fourth-order valence-electron chi connectivity index (χ4n) is 2.45. The smallest absolute Gasteiger partial charge is 0.248 e. The largest absolute Gasteiger partial charge is 0.493 e. The van der Waals surface area contributed by atoms with Gasteiger partial charge in [0, 0.05) is 11.6 Å². The highest BCUT2D eigenvalue weighted by molar-refractivity contribution is 6.03. The van der Waals surface area contributed by atoms with Crippen LogP contribution in [0, 0.1) is 12.3 Å². The molecule has 0 aliphatic heterocycles. The molecule has 0 saturated carbocycles. The Hall–Kier alpha value is -4.05. The molecule has 0 unspecified atom stereocenters. The minimum atomic E-state index is -0.303. The first kappa shape index (κ1) is 18.7. The summed E-state index contributed by atoms with van der Waals surface area (Å²) in [7, 11) is 1.53. The van der Waals surface area contributed by atoms with E-state index in [9.17, 15) is 4.79 Å². The number of benzene rings is 2. The molecule has 1 aromatic heterocycles. The molecule has 0 aliphatic carbocycles. The number of carbonyl (C=O) groups excluding carboxylic acids is 1. The van der Waals surface area contributed by atoms with E-state index in [1.165, 1.54) is 19.6 Å². The van der Waals surface area contributed by atoms with Crippen molar-refractivity contribution in [2.75, 3.05) is 19.0 Å². The number of para-hydroxylation sites is 1. The Labute approximate surface area is 162 Å². The van der Waals surface area contributed by atoms with E-state index in [0.717, 1.165) is 5.56 Å². The number of anilines is 1. The van der Waals surface area contributed by atoms with Gasteiger partial charge in [0.05, 0.1) is 12.8 Å². The Morgan fingerprint density at radius 2 is 2.14 bits per heavy atom. The van der Waals surface area contributed by atoms with Crippen molar-refractivity contribution in [3.63, 3.8) is 0 Å². The Balaban J connectivity index is 1.72. The first-order valence-electron chi connectivity index (χ1n) is 8.30. The number of nitrogens with zero attached hydrogens (tertiary/aromatic N) is 2.